The molecule has 6 rings (SSSR count). The summed E-state index contributed by atoms with van der Waals surface area (Å²) in [6.45, 7) is 0.522. The first-order chi connectivity index (χ1) is 19.8. The highest BCUT2D eigenvalue weighted by Gasteiger charge is 2.54. The molecule has 3 aliphatic carbocycles. The largest absolute Gasteiger partial charge is 0.357 e. The number of anilines is 1. The fourth-order valence-corrected chi connectivity index (χ4v) is 7.03. The average molecular weight is 562 g/mol. The topological polar surface area (TPSA) is 137 Å². The number of nitrogens with one attached hydrogen (secondary N) is 4. The maximum Gasteiger partial charge on any atom is 0.318 e. The van der Waals surface area contributed by atoms with Crippen LogP contribution in [0.25, 0.3) is 0 Å². The third-order valence-corrected chi connectivity index (χ3v) is 9.47. The Bertz CT molecular complexity index is 1360. The number of aryl methyl sites for hydroxylation is 1. The molecule has 2 saturated carbocycles. The first kappa shape index (κ1) is 27.3. The van der Waals surface area contributed by atoms with Crippen molar-refractivity contribution in [2.75, 3.05) is 18.9 Å². The van der Waals surface area contributed by atoms with Crippen molar-refractivity contribution >= 4 is 29.4 Å². The smallest absolute Gasteiger partial charge is 0.318 e. The molecule has 218 valence electrons. The summed E-state index contributed by atoms with van der Waals surface area (Å²) in [6.07, 6.45) is 9.53. The molecule has 1 aliphatic heterocycles. The van der Waals surface area contributed by atoms with Crippen molar-refractivity contribution < 1.29 is 19.2 Å². The zero-order chi connectivity index (χ0) is 28.7. The van der Waals surface area contributed by atoms with Gasteiger partial charge in [-0.15, -0.1) is 0 Å². The Hall–Kier alpha value is -3.89. The van der Waals surface area contributed by atoms with Crippen LogP contribution in [0.5, 0.6) is 0 Å². The first-order valence-electron chi connectivity index (χ1n) is 14.8. The van der Waals surface area contributed by atoms with E-state index in [1.54, 1.807) is 31.3 Å². The van der Waals surface area contributed by atoms with E-state index in [2.05, 4.69) is 26.4 Å². The van der Waals surface area contributed by atoms with Gasteiger partial charge >= 0.3 is 6.03 Å². The molecule has 0 spiro atoms. The van der Waals surface area contributed by atoms with Crippen molar-refractivity contribution in [2.45, 2.75) is 75.4 Å². The number of benzene rings is 1. The van der Waals surface area contributed by atoms with Gasteiger partial charge in [0.25, 0.3) is 5.91 Å². The van der Waals surface area contributed by atoms with Crippen LogP contribution in [0.3, 0.4) is 0 Å². The van der Waals surface area contributed by atoms with Crippen molar-refractivity contribution in [1.29, 1.82) is 0 Å². The molecular formula is C30H39N7O4. The van der Waals surface area contributed by atoms with Gasteiger partial charge in [-0.2, -0.15) is 5.10 Å². The lowest BCUT2D eigenvalue weighted by molar-refractivity contribution is -0.130. The van der Waals surface area contributed by atoms with Gasteiger partial charge in [-0.05, 0) is 66.8 Å². The van der Waals surface area contributed by atoms with Crippen LogP contribution < -0.4 is 21.3 Å². The molecule has 3 atom stereocenters. The van der Waals surface area contributed by atoms with Crippen LogP contribution in [-0.4, -0.2) is 69.6 Å². The lowest BCUT2D eigenvalue weighted by Crippen LogP contribution is -2.60. The summed E-state index contributed by atoms with van der Waals surface area (Å²) in [5, 5.41) is 16.0. The molecule has 1 aromatic carbocycles. The Kier molecular flexibility index (Phi) is 7.21. The number of rotatable bonds is 8. The number of hydrogen-bond donors (Lipinski definition) is 4. The average Bonchev–Trinajstić information content (AvgIpc) is 3.43. The Morgan fingerprint density at radius 1 is 1.05 bits per heavy atom. The molecule has 3 fully saturated rings. The van der Waals surface area contributed by atoms with E-state index in [0.717, 1.165) is 56.1 Å². The molecule has 4 N–H and O–H groups in total. The third kappa shape index (κ3) is 5.17. The molecule has 41 heavy (non-hydrogen) atoms. The monoisotopic (exact) mass is 561 g/mol. The molecule has 5 amide bonds. The Balaban J connectivity index is 1.21. The maximum absolute atomic E-state index is 13.7. The highest BCUT2D eigenvalue weighted by Crippen LogP contribution is 2.41. The van der Waals surface area contributed by atoms with Gasteiger partial charge in [0, 0.05) is 45.4 Å². The van der Waals surface area contributed by atoms with Crippen molar-refractivity contribution in [3.8, 4) is 0 Å². The van der Waals surface area contributed by atoms with E-state index in [4.69, 9.17) is 0 Å². The van der Waals surface area contributed by atoms with E-state index >= 15 is 0 Å². The maximum atomic E-state index is 13.7. The molecule has 0 radical (unpaired) electrons. The van der Waals surface area contributed by atoms with E-state index in [9.17, 15) is 19.2 Å². The second kappa shape index (κ2) is 10.8. The van der Waals surface area contributed by atoms with Crippen LogP contribution in [0.2, 0.25) is 0 Å². The molecule has 11 nitrogen and oxygen atoms in total. The lowest BCUT2D eigenvalue weighted by Gasteiger charge is -2.36. The standard InChI is InChI=1S/C30H39N7O4/c1-31-28(40)30(37-17-23(18-8-9-18)34-29(37)41)15-20-10-11-22(14-21(20)16-30)33-27(39)25(19-6-4-3-5-7-19)35-26(38)24-12-13-32-36(24)2/h10-14,18-19,23,25H,3-9,15-17H2,1-2H3,(H,31,40)(H,33,39)(H,34,41)(H,35,38)/t23-,25-,30?/m0/s1. The minimum atomic E-state index is -1.00. The fourth-order valence-electron chi connectivity index (χ4n) is 7.03. The van der Waals surface area contributed by atoms with Crippen LogP contribution in [0.1, 0.15) is 66.6 Å². The van der Waals surface area contributed by atoms with Gasteiger partial charge < -0.3 is 26.2 Å². The highest BCUT2D eigenvalue weighted by molar-refractivity contribution is 6.01. The molecule has 11 heteroatoms. The summed E-state index contributed by atoms with van der Waals surface area (Å²) in [6, 6.07) is 6.54. The predicted molar refractivity (Wildman–Crippen MR) is 152 cm³/mol. The zero-order valence-corrected chi connectivity index (χ0v) is 23.7. The van der Waals surface area contributed by atoms with Gasteiger partial charge in [0.1, 0.15) is 17.3 Å². The van der Waals surface area contributed by atoms with Crippen LogP contribution in [0.15, 0.2) is 30.5 Å². The first-order valence-corrected chi connectivity index (χ1v) is 14.8. The quantitative estimate of drug-likeness (QED) is 0.391. The number of aromatic nitrogens is 2. The minimum Gasteiger partial charge on any atom is -0.357 e. The molecule has 1 saturated heterocycles. The van der Waals surface area contributed by atoms with Crippen LogP contribution in [0, 0.1) is 11.8 Å². The minimum absolute atomic E-state index is 0.0457. The zero-order valence-electron chi connectivity index (χ0n) is 23.7. The number of amides is 5. The number of fused-ring (bicyclic) bond motifs is 1. The summed E-state index contributed by atoms with van der Waals surface area (Å²) < 4.78 is 1.50. The van der Waals surface area contributed by atoms with Gasteiger partial charge in [-0.25, -0.2) is 4.79 Å². The normalized spacial score (nSPS) is 24.9. The molecule has 1 aromatic heterocycles. The highest BCUT2D eigenvalue weighted by atomic mass is 16.2. The summed E-state index contributed by atoms with van der Waals surface area (Å²) in [5.74, 6) is -0.222. The fraction of sp³-hybridized carbons (Fsp3) is 0.567. The number of carbonyl (C=O) groups is 4. The third-order valence-electron chi connectivity index (χ3n) is 9.47. The summed E-state index contributed by atoms with van der Waals surface area (Å²) >= 11 is 0. The Morgan fingerprint density at radius 3 is 2.49 bits per heavy atom. The molecule has 2 heterocycles. The van der Waals surface area contributed by atoms with E-state index in [-0.39, 0.29) is 35.7 Å². The lowest BCUT2D eigenvalue weighted by atomic mass is 9.83. The second-order valence-electron chi connectivity index (χ2n) is 12.1. The number of hydrogen-bond acceptors (Lipinski definition) is 5. The number of likely N-dealkylation sites (N-methyl/N-ethyl adjacent to an activating group) is 1. The van der Waals surface area contributed by atoms with Gasteiger partial charge in [-0.1, -0.05) is 25.3 Å². The van der Waals surface area contributed by atoms with Gasteiger partial charge in [0.15, 0.2) is 0 Å². The summed E-state index contributed by atoms with van der Waals surface area (Å²) in [4.78, 5) is 54.8. The van der Waals surface area contributed by atoms with E-state index in [0.29, 0.717) is 36.7 Å². The summed E-state index contributed by atoms with van der Waals surface area (Å²) in [7, 11) is 3.31. The van der Waals surface area contributed by atoms with Gasteiger partial charge in [0.05, 0.1) is 6.04 Å². The van der Waals surface area contributed by atoms with Crippen LogP contribution in [-0.2, 0) is 29.5 Å². The van der Waals surface area contributed by atoms with E-state index in [1.807, 2.05) is 18.2 Å². The number of urea groups is 1. The molecule has 2 aromatic rings. The van der Waals surface area contributed by atoms with Crippen molar-refractivity contribution in [1.82, 2.24) is 30.6 Å². The molecule has 1 unspecified atom stereocenters. The van der Waals surface area contributed by atoms with Gasteiger partial charge in [0.2, 0.25) is 11.8 Å². The Labute approximate surface area is 239 Å². The van der Waals surface area contributed by atoms with Crippen molar-refractivity contribution in [3.63, 3.8) is 0 Å². The van der Waals surface area contributed by atoms with Crippen LogP contribution in [0.4, 0.5) is 10.5 Å². The van der Waals surface area contributed by atoms with Crippen LogP contribution >= 0.6 is 0 Å². The number of carbonyl (C=O) groups excluding carboxylic acids is 4. The van der Waals surface area contributed by atoms with Crippen molar-refractivity contribution in [3.05, 3.63) is 47.3 Å². The van der Waals surface area contributed by atoms with Gasteiger partial charge in [-0.3, -0.25) is 19.1 Å². The Morgan fingerprint density at radius 2 is 1.80 bits per heavy atom. The summed E-state index contributed by atoms with van der Waals surface area (Å²) in [5.41, 5.74) is 1.93. The molecular weight excluding hydrogens is 522 g/mol. The SMILES string of the molecule is CNC(=O)C1(N2C[C@@H](C3CC3)NC2=O)Cc2ccc(NC(=O)[C@@H](NC(=O)c3ccnn3C)C3CCCCC3)cc2C1. The second-order valence-corrected chi connectivity index (χ2v) is 12.1. The predicted octanol–water partition coefficient (Wildman–Crippen LogP) is 2.12. The van der Waals surface area contributed by atoms with E-state index in [1.165, 1.54) is 4.68 Å². The molecule has 0 bridgehead atoms. The van der Waals surface area contributed by atoms with Crippen molar-refractivity contribution in [2.24, 2.45) is 18.9 Å². The van der Waals surface area contributed by atoms with E-state index < -0.39 is 11.6 Å². The number of nitrogens with zero attached hydrogens (tertiary/aromatic N) is 3. The molecule has 4 aliphatic rings.